The highest BCUT2D eigenvalue weighted by atomic mass is 19.1. The maximum Gasteiger partial charge on any atom is 0.257 e. The average Bonchev–Trinajstić information content (AvgIpc) is 2.58. The van der Waals surface area contributed by atoms with Gasteiger partial charge in [-0.25, -0.2) is 4.39 Å². The first-order chi connectivity index (χ1) is 11.1. The van der Waals surface area contributed by atoms with Crippen LogP contribution in [0.2, 0.25) is 0 Å². The highest BCUT2D eigenvalue weighted by molar-refractivity contribution is 5.96. The SMILES string of the molecule is C=C(NNC(=O)CNC(=O)c1cccc(F)c1)c1ccccc1. The first-order valence-electron chi connectivity index (χ1n) is 6.89. The number of nitrogens with one attached hydrogen (secondary N) is 3. The highest BCUT2D eigenvalue weighted by Gasteiger charge is 2.08. The Morgan fingerprint density at radius 2 is 1.65 bits per heavy atom. The van der Waals surface area contributed by atoms with Crippen molar-refractivity contribution in [1.82, 2.24) is 16.2 Å². The molecule has 0 radical (unpaired) electrons. The Balaban J connectivity index is 1.77. The number of halogens is 1. The molecule has 2 aromatic rings. The van der Waals surface area contributed by atoms with Gasteiger partial charge < -0.3 is 5.32 Å². The summed E-state index contributed by atoms with van der Waals surface area (Å²) in [5, 5.41) is 2.40. The van der Waals surface area contributed by atoms with E-state index in [1.54, 1.807) is 0 Å². The molecule has 0 spiro atoms. The molecule has 0 unspecified atom stereocenters. The van der Waals surface area contributed by atoms with Crippen molar-refractivity contribution in [2.45, 2.75) is 0 Å². The molecule has 6 heteroatoms. The lowest BCUT2D eigenvalue weighted by Gasteiger charge is -2.11. The van der Waals surface area contributed by atoms with Gasteiger partial charge >= 0.3 is 0 Å². The van der Waals surface area contributed by atoms with E-state index in [0.29, 0.717) is 5.70 Å². The van der Waals surface area contributed by atoms with Crippen LogP contribution in [0, 0.1) is 5.82 Å². The van der Waals surface area contributed by atoms with E-state index >= 15 is 0 Å². The monoisotopic (exact) mass is 313 g/mol. The number of amides is 2. The summed E-state index contributed by atoms with van der Waals surface area (Å²) < 4.78 is 13.0. The average molecular weight is 313 g/mol. The normalized spacial score (nSPS) is 9.78. The van der Waals surface area contributed by atoms with E-state index in [1.165, 1.54) is 18.2 Å². The van der Waals surface area contributed by atoms with Crippen LogP contribution >= 0.6 is 0 Å². The fourth-order valence-corrected chi connectivity index (χ4v) is 1.79. The topological polar surface area (TPSA) is 70.2 Å². The van der Waals surface area contributed by atoms with Gasteiger partial charge in [0.1, 0.15) is 5.82 Å². The van der Waals surface area contributed by atoms with E-state index in [2.05, 4.69) is 22.7 Å². The minimum absolute atomic E-state index is 0.152. The van der Waals surface area contributed by atoms with Gasteiger partial charge in [0, 0.05) is 5.56 Å². The largest absolute Gasteiger partial charge is 0.343 e. The van der Waals surface area contributed by atoms with Crippen molar-refractivity contribution >= 4 is 17.5 Å². The van der Waals surface area contributed by atoms with Gasteiger partial charge in [-0.05, 0) is 23.8 Å². The van der Waals surface area contributed by atoms with Gasteiger partial charge in [-0.2, -0.15) is 0 Å². The van der Waals surface area contributed by atoms with Crippen molar-refractivity contribution < 1.29 is 14.0 Å². The van der Waals surface area contributed by atoms with Crippen LogP contribution in [0.3, 0.4) is 0 Å². The van der Waals surface area contributed by atoms with Gasteiger partial charge in [0.25, 0.3) is 11.8 Å². The molecule has 0 atom stereocenters. The first kappa shape index (κ1) is 16.2. The Morgan fingerprint density at radius 1 is 0.957 bits per heavy atom. The Kier molecular flexibility index (Phi) is 5.46. The predicted molar refractivity (Wildman–Crippen MR) is 85.5 cm³/mol. The quantitative estimate of drug-likeness (QED) is 0.713. The van der Waals surface area contributed by atoms with Gasteiger partial charge in [0.2, 0.25) is 0 Å². The Hall–Kier alpha value is -3.15. The van der Waals surface area contributed by atoms with Crippen molar-refractivity contribution in [3.8, 4) is 0 Å². The third-order valence-electron chi connectivity index (χ3n) is 2.97. The zero-order valence-electron chi connectivity index (χ0n) is 12.3. The van der Waals surface area contributed by atoms with E-state index in [-0.39, 0.29) is 12.1 Å². The molecule has 5 nitrogen and oxygen atoms in total. The van der Waals surface area contributed by atoms with E-state index in [4.69, 9.17) is 0 Å². The van der Waals surface area contributed by atoms with E-state index in [0.717, 1.165) is 11.6 Å². The summed E-state index contributed by atoms with van der Waals surface area (Å²) in [5.41, 5.74) is 6.59. The van der Waals surface area contributed by atoms with Crippen LogP contribution in [0.4, 0.5) is 4.39 Å². The molecule has 118 valence electrons. The molecular weight excluding hydrogens is 297 g/mol. The first-order valence-corrected chi connectivity index (χ1v) is 6.89. The van der Waals surface area contributed by atoms with Gasteiger partial charge in [0.05, 0.1) is 12.2 Å². The number of hydrogen-bond donors (Lipinski definition) is 3. The van der Waals surface area contributed by atoms with Gasteiger partial charge in [-0.15, -0.1) is 0 Å². The van der Waals surface area contributed by atoms with Crippen LogP contribution < -0.4 is 16.2 Å². The second kappa shape index (κ2) is 7.74. The molecule has 0 bridgehead atoms. The molecule has 0 aliphatic heterocycles. The van der Waals surface area contributed by atoms with E-state index in [1.807, 2.05) is 30.3 Å². The molecule has 0 saturated carbocycles. The van der Waals surface area contributed by atoms with Gasteiger partial charge in [-0.3, -0.25) is 20.4 Å². The number of hydrazine groups is 1. The van der Waals surface area contributed by atoms with E-state index in [9.17, 15) is 14.0 Å². The standard InChI is InChI=1S/C17H16FN3O2/c1-12(13-6-3-2-4-7-13)20-21-16(22)11-19-17(23)14-8-5-9-15(18)10-14/h2-10,20H,1,11H2,(H,19,23)(H,21,22). The fourth-order valence-electron chi connectivity index (χ4n) is 1.79. The number of rotatable bonds is 6. The number of hydrogen-bond acceptors (Lipinski definition) is 3. The third-order valence-corrected chi connectivity index (χ3v) is 2.97. The van der Waals surface area contributed by atoms with Crippen molar-refractivity contribution in [2.75, 3.05) is 6.54 Å². The summed E-state index contributed by atoms with van der Waals surface area (Å²) in [6, 6.07) is 14.5. The minimum Gasteiger partial charge on any atom is -0.343 e. The van der Waals surface area contributed by atoms with Crippen molar-refractivity contribution in [1.29, 1.82) is 0 Å². The molecule has 0 heterocycles. The lowest BCUT2D eigenvalue weighted by molar-refractivity contribution is -0.120. The Labute approximate surface area is 133 Å². The molecule has 3 N–H and O–H groups in total. The second-order valence-corrected chi connectivity index (χ2v) is 4.71. The van der Waals surface area contributed by atoms with Crippen LogP contribution in [0.15, 0.2) is 61.2 Å². The zero-order valence-corrected chi connectivity index (χ0v) is 12.3. The summed E-state index contributed by atoms with van der Waals surface area (Å²) >= 11 is 0. The molecular formula is C17H16FN3O2. The summed E-state index contributed by atoms with van der Waals surface area (Å²) in [7, 11) is 0. The molecule has 0 aliphatic carbocycles. The Bertz CT molecular complexity index is 717. The van der Waals surface area contributed by atoms with Crippen LogP contribution in [0.5, 0.6) is 0 Å². The van der Waals surface area contributed by atoms with Gasteiger partial charge in [0.15, 0.2) is 0 Å². The van der Waals surface area contributed by atoms with Crippen molar-refractivity contribution in [3.63, 3.8) is 0 Å². The summed E-state index contributed by atoms with van der Waals surface area (Å²) in [6.45, 7) is 3.55. The molecule has 2 aromatic carbocycles. The lowest BCUT2D eigenvalue weighted by Crippen LogP contribution is -2.42. The molecule has 0 saturated heterocycles. The molecule has 0 fully saturated rings. The maximum absolute atomic E-state index is 13.0. The number of carbonyl (C=O) groups is 2. The summed E-state index contributed by atoms with van der Waals surface area (Å²) in [5.74, 6) is -1.49. The van der Waals surface area contributed by atoms with E-state index < -0.39 is 17.6 Å². The smallest absolute Gasteiger partial charge is 0.257 e. The fraction of sp³-hybridized carbons (Fsp3) is 0.0588. The maximum atomic E-state index is 13.0. The minimum atomic E-state index is -0.526. The van der Waals surface area contributed by atoms with Crippen LogP contribution in [0.1, 0.15) is 15.9 Å². The van der Waals surface area contributed by atoms with Crippen molar-refractivity contribution in [3.05, 3.63) is 78.1 Å². The zero-order chi connectivity index (χ0) is 16.7. The summed E-state index contributed by atoms with van der Waals surface area (Å²) in [4.78, 5) is 23.4. The second-order valence-electron chi connectivity index (χ2n) is 4.71. The number of carbonyl (C=O) groups excluding carboxylic acids is 2. The van der Waals surface area contributed by atoms with Crippen LogP contribution in [-0.4, -0.2) is 18.4 Å². The highest BCUT2D eigenvalue weighted by Crippen LogP contribution is 2.06. The molecule has 0 aliphatic rings. The van der Waals surface area contributed by atoms with Crippen LogP contribution in [-0.2, 0) is 4.79 Å². The number of benzene rings is 2. The van der Waals surface area contributed by atoms with Crippen LogP contribution in [0.25, 0.3) is 5.70 Å². The summed E-state index contributed by atoms with van der Waals surface area (Å²) in [6.07, 6.45) is 0. The predicted octanol–water partition coefficient (Wildman–Crippen LogP) is 1.85. The Morgan fingerprint density at radius 3 is 2.35 bits per heavy atom. The molecule has 2 rings (SSSR count). The molecule has 0 aromatic heterocycles. The molecule has 2 amide bonds. The van der Waals surface area contributed by atoms with Crippen molar-refractivity contribution in [2.24, 2.45) is 0 Å². The molecule has 23 heavy (non-hydrogen) atoms. The lowest BCUT2D eigenvalue weighted by atomic mass is 10.2. The third kappa shape index (κ3) is 4.96. The van der Waals surface area contributed by atoms with Gasteiger partial charge in [-0.1, -0.05) is 43.0 Å².